The zero-order chi connectivity index (χ0) is 29.4. The van der Waals surface area contributed by atoms with Crippen LogP contribution in [0.3, 0.4) is 0 Å². The molecule has 5 heterocycles. The summed E-state index contributed by atoms with van der Waals surface area (Å²) in [6.07, 6.45) is -1.19. The highest BCUT2D eigenvalue weighted by Crippen LogP contribution is 2.40. The van der Waals surface area contributed by atoms with Crippen LogP contribution in [0.15, 0.2) is 18.3 Å². The highest BCUT2D eigenvalue weighted by atomic mass is 19.4. The van der Waals surface area contributed by atoms with Crippen LogP contribution in [0.1, 0.15) is 48.2 Å². The number of benzene rings is 1. The van der Waals surface area contributed by atoms with Crippen molar-refractivity contribution in [1.29, 1.82) is 0 Å². The summed E-state index contributed by atoms with van der Waals surface area (Å²) >= 11 is 0. The molecular formula is C29H36F3N7O3. The van der Waals surface area contributed by atoms with Crippen LogP contribution in [0.25, 0.3) is 11.0 Å². The van der Waals surface area contributed by atoms with Crippen LogP contribution in [-0.4, -0.2) is 89.2 Å². The standard InChI is InChI=1S/C29H36F3N7O3/c1-17(2)15-33-25-23-21(29(30,31)32)16-34-26(23)37-28(36-25)35-22-4-3-20(19-7-12-42-24(19)22)27(40)39-8-5-18(6-9-39)38-10-13-41-14-11-38/h3-4,16-18H,5-15H2,1-2H3,(H3,33,34,35,36,37). The van der Waals surface area contributed by atoms with E-state index < -0.39 is 11.7 Å². The van der Waals surface area contributed by atoms with Crippen LogP contribution in [0.2, 0.25) is 0 Å². The fraction of sp³-hybridized carbons (Fsp3) is 0.552. The first kappa shape index (κ1) is 28.5. The zero-order valence-electron chi connectivity index (χ0n) is 23.8. The molecule has 0 unspecified atom stereocenters. The average molecular weight is 588 g/mol. The number of rotatable bonds is 7. The molecule has 3 aliphatic heterocycles. The lowest BCUT2D eigenvalue weighted by atomic mass is 9.99. The van der Waals surface area contributed by atoms with E-state index in [0.717, 1.165) is 50.9 Å². The van der Waals surface area contributed by atoms with E-state index in [1.165, 1.54) is 0 Å². The Morgan fingerprint density at radius 3 is 2.60 bits per heavy atom. The Morgan fingerprint density at radius 1 is 1.12 bits per heavy atom. The SMILES string of the molecule is CC(C)CNc1nc(Nc2ccc(C(=O)N3CCC(N4CCOCC4)CC3)c3c2OCC3)nc2[nH]cc(C(F)(F)F)c12. The number of hydrogen-bond donors (Lipinski definition) is 3. The Kier molecular flexibility index (Phi) is 7.88. The van der Waals surface area contributed by atoms with E-state index in [1.54, 1.807) is 12.1 Å². The number of fused-ring (bicyclic) bond motifs is 2. The molecule has 3 N–H and O–H groups in total. The number of hydrogen-bond acceptors (Lipinski definition) is 8. The van der Waals surface area contributed by atoms with Crippen molar-refractivity contribution in [3.05, 3.63) is 35.0 Å². The summed E-state index contributed by atoms with van der Waals surface area (Å²) in [6.45, 7) is 9.60. The van der Waals surface area contributed by atoms with Crippen LogP contribution < -0.4 is 15.4 Å². The predicted octanol–water partition coefficient (Wildman–Crippen LogP) is 4.66. The van der Waals surface area contributed by atoms with Crippen LogP contribution in [0.5, 0.6) is 5.75 Å². The molecule has 2 fully saturated rings. The Hall–Kier alpha value is -3.58. The molecule has 0 atom stereocenters. The second-order valence-corrected chi connectivity index (χ2v) is 11.5. The lowest BCUT2D eigenvalue weighted by Gasteiger charge is -2.40. The van der Waals surface area contributed by atoms with E-state index in [9.17, 15) is 18.0 Å². The van der Waals surface area contributed by atoms with Crippen molar-refractivity contribution < 1.29 is 27.4 Å². The van der Waals surface area contributed by atoms with Gasteiger partial charge in [0, 0.05) is 62.5 Å². The number of nitrogens with zero attached hydrogens (tertiary/aromatic N) is 4. The van der Waals surface area contributed by atoms with E-state index in [4.69, 9.17) is 9.47 Å². The molecule has 0 aliphatic carbocycles. The Labute approximate surface area is 242 Å². The number of alkyl halides is 3. The Balaban J connectivity index is 1.23. The second-order valence-electron chi connectivity index (χ2n) is 11.5. The van der Waals surface area contributed by atoms with Crippen LogP contribution >= 0.6 is 0 Å². The number of carbonyl (C=O) groups is 1. The van der Waals surface area contributed by atoms with Gasteiger partial charge in [-0.2, -0.15) is 23.1 Å². The molecule has 1 amide bonds. The number of nitrogens with one attached hydrogen (secondary N) is 3. The van der Waals surface area contributed by atoms with Gasteiger partial charge in [-0.05, 0) is 30.9 Å². The number of carbonyl (C=O) groups excluding carboxylic acids is 1. The van der Waals surface area contributed by atoms with E-state index >= 15 is 0 Å². The van der Waals surface area contributed by atoms with Gasteiger partial charge in [-0.15, -0.1) is 0 Å². The summed E-state index contributed by atoms with van der Waals surface area (Å²) in [6, 6.07) is 4.02. The summed E-state index contributed by atoms with van der Waals surface area (Å²) in [5, 5.41) is 6.07. The second kappa shape index (κ2) is 11.6. The van der Waals surface area contributed by atoms with Gasteiger partial charge in [0.25, 0.3) is 5.91 Å². The molecule has 226 valence electrons. The number of anilines is 3. The highest BCUT2D eigenvalue weighted by molar-refractivity contribution is 5.98. The van der Waals surface area contributed by atoms with Crippen molar-refractivity contribution in [3.8, 4) is 5.75 Å². The Bertz CT molecular complexity index is 1440. The summed E-state index contributed by atoms with van der Waals surface area (Å²) in [5.74, 6) is 0.937. The fourth-order valence-corrected chi connectivity index (χ4v) is 6.00. The third-order valence-corrected chi connectivity index (χ3v) is 8.16. The number of ether oxygens (including phenoxy) is 2. The van der Waals surface area contributed by atoms with Crippen molar-refractivity contribution in [2.24, 2.45) is 5.92 Å². The molecule has 3 aromatic rings. The van der Waals surface area contributed by atoms with Gasteiger partial charge in [0.15, 0.2) is 0 Å². The number of piperidine rings is 1. The molecule has 6 rings (SSSR count). The van der Waals surface area contributed by atoms with Crippen molar-refractivity contribution in [3.63, 3.8) is 0 Å². The van der Waals surface area contributed by atoms with Gasteiger partial charge in [0.1, 0.15) is 17.2 Å². The van der Waals surface area contributed by atoms with E-state index in [1.807, 2.05) is 18.7 Å². The number of aromatic amines is 1. The Morgan fingerprint density at radius 2 is 1.88 bits per heavy atom. The third kappa shape index (κ3) is 5.71. The molecule has 13 heteroatoms. The summed E-state index contributed by atoms with van der Waals surface area (Å²) in [5.41, 5.74) is 1.24. The minimum Gasteiger partial charge on any atom is -0.491 e. The molecule has 2 saturated heterocycles. The van der Waals surface area contributed by atoms with Crippen molar-refractivity contribution in [1.82, 2.24) is 24.8 Å². The molecule has 10 nitrogen and oxygen atoms in total. The summed E-state index contributed by atoms with van der Waals surface area (Å²) in [7, 11) is 0. The smallest absolute Gasteiger partial charge is 0.418 e. The molecule has 0 radical (unpaired) electrons. The van der Waals surface area contributed by atoms with Gasteiger partial charge in [-0.3, -0.25) is 9.69 Å². The fourth-order valence-electron chi connectivity index (χ4n) is 6.00. The largest absolute Gasteiger partial charge is 0.491 e. The summed E-state index contributed by atoms with van der Waals surface area (Å²) < 4.78 is 52.5. The molecule has 0 saturated carbocycles. The number of aromatic nitrogens is 3. The first-order valence-corrected chi connectivity index (χ1v) is 14.6. The van der Waals surface area contributed by atoms with Crippen LogP contribution in [0.4, 0.5) is 30.6 Å². The number of amides is 1. The van der Waals surface area contributed by atoms with Gasteiger partial charge in [0.05, 0.1) is 36.5 Å². The van der Waals surface area contributed by atoms with Gasteiger partial charge >= 0.3 is 6.18 Å². The molecular weight excluding hydrogens is 551 g/mol. The maximum atomic E-state index is 13.7. The zero-order valence-corrected chi connectivity index (χ0v) is 23.8. The lowest BCUT2D eigenvalue weighted by Crippen LogP contribution is -2.50. The maximum Gasteiger partial charge on any atom is 0.418 e. The van der Waals surface area contributed by atoms with Gasteiger partial charge in [-0.25, -0.2) is 0 Å². The first-order chi connectivity index (χ1) is 20.2. The van der Waals surface area contributed by atoms with E-state index in [2.05, 4.69) is 30.5 Å². The van der Waals surface area contributed by atoms with Crippen LogP contribution in [0, 0.1) is 5.92 Å². The van der Waals surface area contributed by atoms with Gasteiger partial charge < -0.3 is 30.0 Å². The highest BCUT2D eigenvalue weighted by Gasteiger charge is 2.36. The normalized spacial score (nSPS) is 18.4. The number of H-pyrrole nitrogens is 1. The van der Waals surface area contributed by atoms with Crippen LogP contribution in [-0.2, 0) is 17.3 Å². The van der Waals surface area contributed by atoms with Crippen molar-refractivity contribution >= 4 is 34.4 Å². The van der Waals surface area contributed by atoms with E-state index in [-0.39, 0.29) is 34.6 Å². The average Bonchev–Trinajstić information content (AvgIpc) is 3.65. The molecule has 1 aromatic carbocycles. The van der Waals surface area contributed by atoms with Gasteiger partial charge in [0.2, 0.25) is 5.95 Å². The lowest BCUT2D eigenvalue weighted by molar-refractivity contribution is -0.136. The minimum atomic E-state index is -4.56. The van der Waals surface area contributed by atoms with Crippen molar-refractivity contribution in [2.75, 3.05) is 63.2 Å². The molecule has 0 bridgehead atoms. The maximum absolute atomic E-state index is 13.7. The molecule has 2 aromatic heterocycles. The predicted molar refractivity (Wildman–Crippen MR) is 152 cm³/mol. The van der Waals surface area contributed by atoms with Gasteiger partial charge in [-0.1, -0.05) is 13.8 Å². The number of morpholine rings is 1. The number of likely N-dealkylation sites (tertiary alicyclic amines) is 1. The van der Waals surface area contributed by atoms with Crippen molar-refractivity contribution in [2.45, 2.75) is 45.3 Å². The topological polar surface area (TPSA) is 108 Å². The number of halogens is 3. The molecule has 0 spiro atoms. The first-order valence-electron chi connectivity index (χ1n) is 14.6. The molecule has 42 heavy (non-hydrogen) atoms. The summed E-state index contributed by atoms with van der Waals surface area (Å²) in [4.78, 5) is 29.4. The monoisotopic (exact) mass is 587 g/mol. The minimum absolute atomic E-state index is 0.00682. The molecule has 3 aliphatic rings. The van der Waals surface area contributed by atoms with E-state index in [0.29, 0.717) is 55.7 Å². The third-order valence-electron chi connectivity index (χ3n) is 8.16. The quantitative estimate of drug-likeness (QED) is 0.367.